The van der Waals surface area contributed by atoms with E-state index in [2.05, 4.69) is 58.4 Å². The molecule has 0 fully saturated rings. The van der Waals surface area contributed by atoms with Gasteiger partial charge >= 0.3 is 5.97 Å². The second-order valence-electron chi connectivity index (χ2n) is 11.4. The highest BCUT2D eigenvalue weighted by Gasteiger charge is 2.22. The number of ether oxygens (including phenoxy) is 1. The van der Waals surface area contributed by atoms with Crippen molar-refractivity contribution in [3.63, 3.8) is 0 Å². The van der Waals surface area contributed by atoms with E-state index < -0.39 is 16.6 Å². The van der Waals surface area contributed by atoms with E-state index in [9.17, 15) is 4.79 Å². The number of carbonyl (C=O) groups is 1. The summed E-state index contributed by atoms with van der Waals surface area (Å²) in [5.74, 6) is -0.0921. The van der Waals surface area contributed by atoms with Gasteiger partial charge < -0.3 is 13.6 Å². The minimum Gasteiger partial charge on any atom is -0.469 e. The van der Waals surface area contributed by atoms with E-state index in [1.54, 1.807) is 0 Å². The Bertz CT molecular complexity index is 509. The molecule has 33 heavy (non-hydrogen) atoms. The lowest BCUT2D eigenvalue weighted by Crippen LogP contribution is -2.33. The van der Waals surface area contributed by atoms with Crippen molar-refractivity contribution in [2.45, 2.75) is 148 Å². The van der Waals surface area contributed by atoms with Gasteiger partial charge in [0, 0.05) is 6.42 Å². The average Bonchev–Trinajstić information content (AvgIpc) is 2.70. The van der Waals surface area contributed by atoms with E-state index in [-0.39, 0.29) is 18.2 Å². The Balaban J connectivity index is 4.60. The predicted octanol–water partition coefficient (Wildman–Crippen LogP) is 8.64. The molecule has 0 amide bonds. The lowest BCUT2D eigenvalue weighted by Gasteiger charge is -2.27. The fourth-order valence-electron chi connectivity index (χ4n) is 3.92. The first-order chi connectivity index (χ1) is 15.5. The highest BCUT2D eigenvalue weighted by atomic mass is 28.4. The maximum atomic E-state index is 11.2. The highest BCUT2D eigenvalue weighted by molar-refractivity contribution is 6.70. The zero-order valence-corrected chi connectivity index (χ0v) is 25.3. The van der Waals surface area contributed by atoms with E-state index >= 15 is 0 Å². The standard InChI is InChI=1S/C27H56O4Si2/c1-9-10-11-14-17-20-25(30-32(3,4)5)23-24-26(31-33(6,7)8)21-18-15-12-13-16-19-22-27(28)29-2/h23-26H,9-22H2,1-8H3/b24-23+/t25-,26-/m0/s1. The van der Waals surface area contributed by atoms with Crippen LogP contribution < -0.4 is 0 Å². The lowest BCUT2D eigenvalue weighted by molar-refractivity contribution is -0.140. The number of rotatable bonds is 21. The Hall–Kier alpha value is -0.436. The number of methoxy groups -OCH3 is 1. The molecule has 0 saturated heterocycles. The predicted molar refractivity (Wildman–Crippen MR) is 148 cm³/mol. The van der Waals surface area contributed by atoms with Gasteiger partial charge in [-0.25, -0.2) is 0 Å². The summed E-state index contributed by atoms with van der Waals surface area (Å²) in [5, 5.41) is 0. The zero-order chi connectivity index (χ0) is 25.2. The van der Waals surface area contributed by atoms with Crippen LogP contribution in [0.25, 0.3) is 0 Å². The molecule has 0 saturated carbocycles. The molecule has 4 nitrogen and oxygen atoms in total. The Labute approximate surface area is 208 Å². The van der Waals surface area contributed by atoms with Crippen LogP contribution in [0.15, 0.2) is 12.2 Å². The first-order valence-corrected chi connectivity index (χ1v) is 20.4. The molecule has 0 radical (unpaired) electrons. The average molecular weight is 501 g/mol. The van der Waals surface area contributed by atoms with E-state index in [1.165, 1.54) is 64.9 Å². The SMILES string of the molecule is CCCCCCC[C@@H](/C=C/[C@H](CCCCCCCCC(=O)OC)O[Si](C)(C)C)O[Si](C)(C)C. The summed E-state index contributed by atoms with van der Waals surface area (Å²) in [6, 6.07) is 0. The van der Waals surface area contributed by atoms with Gasteiger partial charge in [0.2, 0.25) is 0 Å². The number of hydrogen-bond acceptors (Lipinski definition) is 4. The first-order valence-electron chi connectivity index (χ1n) is 13.6. The van der Waals surface area contributed by atoms with Gasteiger partial charge in [-0.2, -0.15) is 0 Å². The Morgan fingerprint density at radius 2 is 1.06 bits per heavy atom. The molecule has 0 aliphatic rings. The molecule has 0 heterocycles. The molecule has 0 aliphatic carbocycles. The van der Waals surface area contributed by atoms with E-state index in [0.717, 1.165) is 25.7 Å². The van der Waals surface area contributed by atoms with Crippen LogP contribution in [-0.4, -0.2) is 41.9 Å². The van der Waals surface area contributed by atoms with Gasteiger partial charge in [-0.1, -0.05) is 83.3 Å². The maximum Gasteiger partial charge on any atom is 0.305 e. The number of carbonyl (C=O) groups excluding carboxylic acids is 1. The van der Waals surface area contributed by atoms with Crippen LogP contribution in [0.3, 0.4) is 0 Å². The highest BCUT2D eigenvalue weighted by Crippen LogP contribution is 2.20. The van der Waals surface area contributed by atoms with Crippen LogP contribution in [-0.2, 0) is 18.4 Å². The van der Waals surface area contributed by atoms with Crippen LogP contribution in [0.2, 0.25) is 39.3 Å². The fourth-order valence-corrected chi connectivity index (χ4v) is 6.13. The number of hydrogen-bond donors (Lipinski definition) is 0. The lowest BCUT2D eigenvalue weighted by atomic mass is 10.0. The molecule has 0 aromatic rings. The zero-order valence-electron chi connectivity index (χ0n) is 23.3. The number of unbranched alkanes of at least 4 members (excludes halogenated alkanes) is 9. The molecule has 0 spiro atoms. The van der Waals surface area contributed by atoms with E-state index in [4.69, 9.17) is 13.6 Å². The van der Waals surface area contributed by atoms with Crippen molar-refractivity contribution < 1.29 is 18.4 Å². The molecule has 0 rings (SSSR count). The van der Waals surface area contributed by atoms with Crippen molar-refractivity contribution in [3.05, 3.63) is 12.2 Å². The van der Waals surface area contributed by atoms with E-state index in [0.29, 0.717) is 6.42 Å². The minimum atomic E-state index is -1.61. The van der Waals surface area contributed by atoms with Crippen molar-refractivity contribution in [2.24, 2.45) is 0 Å². The van der Waals surface area contributed by atoms with Gasteiger partial charge in [0.05, 0.1) is 19.3 Å². The molecule has 0 aromatic heterocycles. The third-order valence-electron chi connectivity index (χ3n) is 5.49. The van der Waals surface area contributed by atoms with E-state index in [1.807, 2.05) is 0 Å². The molecule has 196 valence electrons. The second kappa shape index (κ2) is 18.8. The smallest absolute Gasteiger partial charge is 0.305 e. The van der Waals surface area contributed by atoms with Gasteiger partial charge in [-0.15, -0.1) is 0 Å². The largest absolute Gasteiger partial charge is 0.469 e. The van der Waals surface area contributed by atoms with Gasteiger partial charge in [-0.05, 0) is 58.5 Å². The van der Waals surface area contributed by atoms with Crippen LogP contribution in [0.4, 0.5) is 0 Å². The van der Waals surface area contributed by atoms with Crippen molar-refractivity contribution in [3.8, 4) is 0 Å². The second-order valence-corrected chi connectivity index (χ2v) is 20.3. The Morgan fingerprint density at radius 3 is 1.45 bits per heavy atom. The molecule has 0 aliphatic heterocycles. The fraction of sp³-hybridized carbons (Fsp3) is 0.889. The summed E-state index contributed by atoms with van der Waals surface area (Å²) in [7, 11) is -1.73. The summed E-state index contributed by atoms with van der Waals surface area (Å²) >= 11 is 0. The summed E-state index contributed by atoms with van der Waals surface area (Å²) in [4.78, 5) is 11.2. The van der Waals surface area contributed by atoms with Crippen molar-refractivity contribution in [2.75, 3.05) is 7.11 Å². The Morgan fingerprint density at radius 1 is 0.667 bits per heavy atom. The topological polar surface area (TPSA) is 44.8 Å². The van der Waals surface area contributed by atoms with Crippen LogP contribution in [0.5, 0.6) is 0 Å². The molecule has 2 atom stereocenters. The van der Waals surface area contributed by atoms with Gasteiger partial charge in [0.15, 0.2) is 16.6 Å². The van der Waals surface area contributed by atoms with Gasteiger partial charge in [-0.3, -0.25) is 4.79 Å². The maximum absolute atomic E-state index is 11.2. The summed E-state index contributed by atoms with van der Waals surface area (Å²) in [5.41, 5.74) is 0. The minimum absolute atomic E-state index is 0.0921. The molecular weight excluding hydrogens is 444 g/mol. The van der Waals surface area contributed by atoms with Gasteiger partial charge in [0.1, 0.15) is 0 Å². The molecule has 0 unspecified atom stereocenters. The third-order valence-corrected chi connectivity index (χ3v) is 7.51. The summed E-state index contributed by atoms with van der Waals surface area (Å²) in [6.45, 7) is 15.9. The number of esters is 1. The molecule has 0 aromatic carbocycles. The molecule has 6 heteroatoms. The third kappa shape index (κ3) is 23.1. The van der Waals surface area contributed by atoms with Crippen LogP contribution in [0.1, 0.15) is 96.8 Å². The van der Waals surface area contributed by atoms with Crippen LogP contribution in [0, 0.1) is 0 Å². The monoisotopic (exact) mass is 500 g/mol. The van der Waals surface area contributed by atoms with Crippen molar-refractivity contribution in [1.29, 1.82) is 0 Å². The normalized spacial score (nSPS) is 14.5. The van der Waals surface area contributed by atoms with Crippen LogP contribution >= 0.6 is 0 Å². The molecule has 0 N–H and O–H groups in total. The Kier molecular flexibility index (Phi) is 18.6. The quantitative estimate of drug-likeness (QED) is 0.0684. The molecule has 0 bridgehead atoms. The van der Waals surface area contributed by atoms with Crippen molar-refractivity contribution >= 4 is 22.6 Å². The van der Waals surface area contributed by atoms with Crippen molar-refractivity contribution in [1.82, 2.24) is 0 Å². The first kappa shape index (κ1) is 32.6. The summed E-state index contributed by atoms with van der Waals surface area (Å²) < 4.78 is 17.7. The summed E-state index contributed by atoms with van der Waals surface area (Å²) in [6.07, 6.45) is 21.2. The van der Waals surface area contributed by atoms with Gasteiger partial charge in [0.25, 0.3) is 0 Å². The molecular formula is C27H56O4Si2.